The van der Waals surface area contributed by atoms with E-state index in [1.54, 1.807) is 7.11 Å². The van der Waals surface area contributed by atoms with Gasteiger partial charge in [-0.05, 0) is 19.3 Å². The van der Waals surface area contributed by atoms with Gasteiger partial charge in [-0.2, -0.15) is 0 Å². The van der Waals surface area contributed by atoms with Crippen molar-refractivity contribution in [1.29, 1.82) is 0 Å². The first-order valence-corrected chi connectivity index (χ1v) is 10.7. The zero-order valence-electron chi connectivity index (χ0n) is 17.6. The van der Waals surface area contributed by atoms with E-state index in [1.165, 1.54) is 19.3 Å². The number of halogens is 1. The number of carbonyl (C=O) groups is 1. The highest BCUT2D eigenvalue weighted by molar-refractivity contribution is 14.0. The smallest absolute Gasteiger partial charge is 0.225 e. The summed E-state index contributed by atoms with van der Waals surface area (Å²) in [6, 6.07) is 0. The van der Waals surface area contributed by atoms with Crippen molar-refractivity contribution in [3.05, 3.63) is 0 Å². The fourth-order valence-electron chi connectivity index (χ4n) is 4.68. The zero-order valence-corrected chi connectivity index (χ0v) is 19.9. The van der Waals surface area contributed by atoms with Crippen LogP contribution in [0.5, 0.6) is 0 Å². The van der Waals surface area contributed by atoms with E-state index in [4.69, 9.17) is 4.74 Å². The van der Waals surface area contributed by atoms with E-state index in [-0.39, 0.29) is 24.0 Å². The van der Waals surface area contributed by atoms with Crippen LogP contribution >= 0.6 is 24.0 Å². The maximum atomic E-state index is 12.5. The summed E-state index contributed by atoms with van der Waals surface area (Å²) in [6.07, 6.45) is 5.83. The van der Waals surface area contributed by atoms with Crippen LogP contribution in [0.3, 0.4) is 0 Å². The molecule has 0 aromatic heterocycles. The Morgan fingerprint density at radius 2 is 1.79 bits per heavy atom. The zero-order chi connectivity index (χ0) is 19.1. The van der Waals surface area contributed by atoms with E-state index in [2.05, 4.69) is 25.0 Å². The molecule has 0 radical (unpaired) electrons. The number of piperazine rings is 1. The number of amides is 1. The highest BCUT2D eigenvalue weighted by Gasteiger charge is 2.29. The van der Waals surface area contributed by atoms with Gasteiger partial charge in [0.05, 0.1) is 6.61 Å². The van der Waals surface area contributed by atoms with Gasteiger partial charge in [-0.3, -0.25) is 14.7 Å². The van der Waals surface area contributed by atoms with Gasteiger partial charge in [-0.15, -0.1) is 24.0 Å². The molecule has 1 amide bonds. The molecule has 1 unspecified atom stereocenters. The van der Waals surface area contributed by atoms with Crippen LogP contribution in [0.4, 0.5) is 0 Å². The Morgan fingerprint density at radius 1 is 1.07 bits per heavy atom. The second-order valence-electron chi connectivity index (χ2n) is 8.18. The van der Waals surface area contributed by atoms with E-state index in [9.17, 15) is 4.79 Å². The van der Waals surface area contributed by atoms with Crippen LogP contribution in [-0.2, 0) is 9.53 Å². The normalized spacial score (nSPS) is 24.5. The SMILES string of the molecule is CN=C(NCCN1CCN(C(=O)C2CCCC2)CC1)N1CCC(COC)C1.I. The van der Waals surface area contributed by atoms with Crippen LogP contribution in [0.2, 0.25) is 0 Å². The Balaban J connectivity index is 0.00000280. The number of nitrogens with zero attached hydrogens (tertiary/aromatic N) is 4. The summed E-state index contributed by atoms with van der Waals surface area (Å²) < 4.78 is 5.28. The number of rotatable bonds is 6. The number of methoxy groups -OCH3 is 1. The van der Waals surface area contributed by atoms with Gasteiger partial charge in [0.2, 0.25) is 5.91 Å². The van der Waals surface area contributed by atoms with Crippen LogP contribution < -0.4 is 5.32 Å². The average molecular weight is 507 g/mol. The largest absolute Gasteiger partial charge is 0.384 e. The Hall–Kier alpha value is -0.610. The van der Waals surface area contributed by atoms with Crippen LogP contribution in [0.25, 0.3) is 0 Å². The third-order valence-electron chi connectivity index (χ3n) is 6.30. The Kier molecular flexibility index (Phi) is 10.3. The minimum absolute atomic E-state index is 0. The number of ether oxygens (including phenoxy) is 1. The first kappa shape index (κ1) is 23.7. The lowest BCUT2D eigenvalue weighted by atomic mass is 10.1. The van der Waals surface area contributed by atoms with Crippen molar-refractivity contribution in [2.24, 2.45) is 16.8 Å². The summed E-state index contributed by atoms with van der Waals surface area (Å²) in [6.45, 7) is 8.54. The molecule has 2 aliphatic heterocycles. The molecule has 1 saturated carbocycles. The molecule has 0 aromatic carbocycles. The highest BCUT2D eigenvalue weighted by Crippen LogP contribution is 2.26. The summed E-state index contributed by atoms with van der Waals surface area (Å²) in [5.41, 5.74) is 0. The van der Waals surface area contributed by atoms with Crippen molar-refractivity contribution in [2.45, 2.75) is 32.1 Å². The minimum atomic E-state index is 0. The standard InChI is InChI=1S/C20H37N5O2.HI/c1-21-20(25-9-7-17(15-25)16-27-2)22-8-10-23-11-13-24(14-12-23)19(26)18-5-3-4-6-18;/h17-18H,3-16H2,1-2H3,(H,21,22);1H. The summed E-state index contributed by atoms with van der Waals surface area (Å²) in [7, 11) is 3.64. The number of hydrogen-bond donors (Lipinski definition) is 1. The van der Waals surface area contributed by atoms with Gasteiger partial charge in [0.1, 0.15) is 0 Å². The van der Waals surface area contributed by atoms with E-state index >= 15 is 0 Å². The molecule has 2 saturated heterocycles. The highest BCUT2D eigenvalue weighted by atomic mass is 127. The van der Waals surface area contributed by atoms with Crippen molar-refractivity contribution in [3.63, 3.8) is 0 Å². The van der Waals surface area contributed by atoms with E-state index in [0.717, 1.165) is 77.8 Å². The number of carbonyl (C=O) groups excluding carboxylic acids is 1. The molecular formula is C20H38IN5O2. The van der Waals surface area contributed by atoms with Crippen molar-refractivity contribution in [2.75, 3.05) is 73.1 Å². The van der Waals surface area contributed by atoms with E-state index < -0.39 is 0 Å². The molecule has 0 spiro atoms. The van der Waals surface area contributed by atoms with Crippen LogP contribution in [0.15, 0.2) is 4.99 Å². The summed E-state index contributed by atoms with van der Waals surface area (Å²) in [5, 5.41) is 3.51. The first-order valence-electron chi connectivity index (χ1n) is 10.7. The lowest BCUT2D eigenvalue weighted by molar-refractivity contribution is -0.137. The Labute approximate surface area is 187 Å². The van der Waals surface area contributed by atoms with Gasteiger partial charge >= 0.3 is 0 Å². The predicted octanol–water partition coefficient (Wildman–Crippen LogP) is 1.48. The minimum Gasteiger partial charge on any atom is -0.384 e. The number of nitrogens with one attached hydrogen (secondary N) is 1. The number of likely N-dealkylation sites (tertiary alicyclic amines) is 1. The van der Waals surface area contributed by atoms with Gasteiger partial charge in [0, 0.05) is 78.4 Å². The number of aliphatic imine (C=N–C) groups is 1. The molecule has 28 heavy (non-hydrogen) atoms. The first-order chi connectivity index (χ1) is 13.2. The molecule has 0 aromatic rings. The fraction of sp³-hybridized carbons (Fsp3) is 0.900. The molecule has 7 nitrogen and oxygen atoms in total. The fourth-order valence-corrected chi connectivity index (χ4v) is 4.68. The maximum Gasteiger partial charge on any atom is 0.225 e. The third-order valence-corrected chi connectivity index (χ3v) is 6.30. The van der Waals surface area contributed by atoms with Crippen molar-refractivity contribution in [3.8, 4) is 0 Å². The van der Waals surface area contributed by atoms with E-state index in [1.807, 2.05) is 7.05 Å². The Morgan fingerprint density at radius 3 is 2.43 bits per heavy atom. The third kappa shape index (κ3) is 6.45. The van der Waals surface area contributed by atoms with Gasteiger partial charge in [-0.25, -0.2) is 0 Å². The van der Waals surface area contributed by atoms with Crippen molar-refractivity contribution >= 4 is 35.8 Å². The molecule has 1 aliphatic carbocycles. The van der Waals surface area contributed by atoms with Gasteiger partial charge in [0.25, 0.3) is 0 Å². The van der Waals surface area contributed by atoms with E-state index in [0.29, 0.717) is 17.7 Å². The molecule has 3 aliphatic rings. The molecule has 2 heterocycles. The van der Waals surface area contributed by atoms with Gasteiger partial charge in [-0.1, -0.05) is 12.8 Å². The monoisotopic (exact) mass is 507 g/mol. The second kappa shape index (κ2) is 12.2. The summed E-state index contributed by atoms with van der Waals surface area (Å²) in [5.74, 6) is 2.33. The second-order valence-corrected chi connectivity index (χ2v) is 8.18. The van der Waals surface area contributed by atoms with Gasteiger partial charge in [0.15, 0.2) is 5.96 Å². The predicted molar refractivity (Wildman–Crippen MR) is 123 cm³/mol. The number of hydrogen-bond acceptors (Lipinski definition) is 4. The summed E-state index contributed by atoms with van der Waals surface area (Å²) in [4.78, 5) is 23.9. The van der Waals surface area contributed by atoms with Crippen LogP contribution in [0.1, 0.15) is 32.1 Å². The van der Waals surface area contributed by atoms with Crippen LogP contribution in [-0.4, -0.2) is 99.7 Å². The molecule has 8 heteroatoms. The topological polar surface area (TPSA) is 60.4 Å². The average Bonchev–Trinajstić information content (AvgIpc) is 3.38. The van der Waals surface area contributed by atoms with Crippen molar-refractivity contribution in [1.82, 2.24) is 20.0 Å². The quantitative estimate of drug-likeness (QED) is 0.336. The molecule has 3 rings (SSSR count). The lowest BCUT2D eigenvalue weighted by Gasteiger charge is -2.36. The molecular weight excluding hydrogens is 469 g/mol. The van der Waals surface area contributed by atoms with Crippen molar-refractivity contribution < 1.29 is 9.53 Å². The van der Waals surface area contributed by atoms with Gasteiger partial charge < -0.3 is 19.9 Å². The number of guanidine groups is 1. The molecule has 162 valence electrons. The summed E-state index contributed by atoms with van der Waals surface area (Å²) >= 11 is 0. The molecule has 1 atom stereocenters. The molecule has 1 N–H and O–H groups in total. The van der Waals surface area contributed by atoms with Crippen LogP contribution in [0, 0.1) is 11.8 Å². The maximum absolute atomic E-state index is 12.5. The molecule has 3 fully saturated rings. The lowest BCUT2D eigenvalue weighted by Crippen LogP contribution is -2.52. The molecule has 0 bridgehead atoms. The Bertz CT molecular complexity index is 505.